The number of amides is 1. The molecule has 0 radical (unpaired) electrons. The Balaban J connectivity index is 2.20. The summed E-state index contributed by atoms with van der Waals surface area (Å²) in [7, 11) is 0. The van der Waals surface area contributed by atoms with E-state index in [9.17, 15) is 4.79 Å². The van der Waals surface area contributed by atoms with Gasteiger partial charge < -0.3 is 15.8 Å². The summed E-state index contributed by atoms with van der Waals surface area (Å²) in [6.07, 6.45) is 4.65. The van der Waals surface area contributed by atoms with Gasteiger partial charge in [-0.3, -0.25) is 9.78 Å². The predicted molar refractivity (Wildman–Crippen MR) is 75.7 cm³/mol. The number of hydrogen-bond donors (Lipinski definition) is 2. The van der Waals surface area contributed by atoms with Gasteiger partial charge in [-0.15, -0.1) is 0 Å². The summed E-state index contributed by atoms with van der Waals surface area (Å²) >= 11 is 0. The van der Waals surface area contributed by atoms with Crippen molar-refractivity contribution in [2.75, 3.05) is 0 Å². The third kappa shape index (κ3) is 2.74. The molecule has 6 nitrogen and oxygen atoms in total. The topological polar surface area (TPSA) is 91.8 Å². The summed E-state index contributed by atoms with van der Waals surface area (Å²) in [5.41, 5.74) is 6.35. The lowest BCUT2D eigenvalue weighted by Gasteiger charge is -2.38. The Morgan fingerprint density at radius 3 is 2.55 bits per heavy atom. The smallest absolute Gasteiger partial charge is 0.272 e. The Labute approximate surface area is 118 Å². The molecule has 2 heterocycles. The summed E-state index contributed by atoms with van der Waals surface area (Å²) in [6.45, 7) is 4.14. The van der Waals surface area contributed by atoms with E-state index in [2.05, 4.69) is 24.0 Å². The van der Waals surface area contributed by atoms with E-state index >= 15 is 0 Å². The maximum Gasteiger partial charge on any atom is 0.272 e. The van der Waals surface area contributed by atoms with Crippen LogP contribution in [0.5, 0.6) is 0 Å². The maximum absolute atomic E-state index is 12.5. The van der Waals surface area contributed by atoms with Crippen molar-refractivity contribution in [3.05, 3.63) is 29.6 Å². The molecule has 108 valence electrons. The highest BCUT2D eigenvalue weighted by molar-refractivity contribution is 5.98. The van der Waals surface area contributed by atoms with Gasteiger partial charge in [-0.25, -0.2) is 0 Å². The largest absolute Gasteiger partial charge is 0.409 e. The van der Waals surface area contributed by atoms with Gasteiger partial charge in [-0.1, -0.05) is 5.16 Å². The molecule has 0 saturated carbocycles. The minimum absolute atomic E-state index is 0.0174. The number of amidine groups is 1. The SMILES string of the molecule is C[C@@H]1CCC[C@H](C)N1C(=O)c1ccc(/C(N)=N/O)cn1. The van der Waals surface area contributed by atoms with E-state index in [0.29, 0.717) is 11.3 Å². The molecular weight excluding hydrogens is 256 g/mol. The van der Waals surface area contributed by atoms with Crippen LogP contribution >= 0.6 is 0 Å². The zero-order chi connectivity index (χ0) is 14.7. The molecule has 1 aromatic heterocycles. The third-order valence-corrected chi connectivity index (χ3v) is 3.81. The fourth-order valence-electron chi connectivity index (χ4n) is 2.68. The first-order chi connectivity index (χ1) is 9.54. The molecule has 0 aliphatic carbocycles. The zero-order valence-corrected chi connectivity index (χ0v) is 11.8. The van der Waals surface area contributed by atoms with Crippen LogP contribution in [0.1, 0.15) is 49.2 Å². The second kappa shape index (κ2) is 5.90. The summed E-state index contributed by atoms with van der Waals surface area (Å²) < 4.78 is 0. The van der Waals surface area contributed by atoms with Crippen LogP contribution < -0.4 is 5.73 Å². The number of carbonyl (C=O) groups excluding carboxylic acids is 1. The van der Waals surface area contributed by atoms with Gasteiger partial charge in [0.05, 0.1) is 0 Å². The Morgan fingerprint density at radius 1 is 1.40 bits per heavy atom. The molecule has 1 amide bonds. The molecule has 3 N–H and O–H groups in total. The van der Waals surface area contributed by atoms with Crippen LogP contribution in [0.15, 0.2) is 23.5 Å². The van der Waals surface area contributed by atoms with E-state index in [0.717, 1.165) is 19.3 Å². The Kier molecular flexibility index (Phi) is 4.22. The first-order valence-electron chi connectivity index (χ1n) is 6.81. The maximum atomic E-state index is 12.5. The number of rotatable bonds is 2. The summed E-state index contributed by atoms with van der Waals surface area (Å²) in [4.78, 5) is 18.6. The van der Waals surface area contributed by atoms with Gasteiger partial charge in [0.15, 0.2) is 5.84 Å². The fraction of sp³-hybridized carbons (Fsp3) is 0.500. The van der Waals surface area contributed by atoms with Crippen LogP contribution in [-0.2, 0) is 0 Å². The predicted octanol–water partition coefficient (Wildman–Crippen LogP) is 1.58. The monoisotopic (exact) mass is 276 g/mol. The van der Waals surface area contributed by atoms with Crippen LogP contribution in [0.3, 0.4) is 0 Å². The van der Waals surface area contributed by atoms with Gasteiger partial charge in [-0.2, -0.15) is 0 Å². The van der Waals surface area contributed by atoms with Crippen molar-refractivity contribution in [2.24, 2.45) is 10.9 Å². The van der Waals surface area contributed by atoms with E-state index in [1.54, 1.807) is 12.1 Å². The molecule has 0 unspecified atom stereocenters. The number of nitrogens with two attached hydrogens (primary N) is 1. The Bertz CT molecular complexity index is 502. The van der Waals surface area contributed by atoms with Crippen LogP contribution in [-0.4, -0.2) is 38.9 Å². The van der Waals surface area contributed by atoms with E-state index in [4.69, 9.17) is 10.9 Å². The van der Waals surface area contributed by atoms with E-state index < -0.39 is 0 Å². The molecule has 1 aliphatic heterocycles. The number of likely N-dealkylation sites (tertiary alicyclic amines) is 1. The van der Waals surface area contributed by atoms with Crippen molar-refractivity contribution in [3.8, 4) is 0 Å². The summed E-state index contributed by atoms with van der Waals surface area (Å²) in [5, 5.41) is 11.5. The first-order valence-corrected chi connectivity index (χ1v) is 6.81. The number of piperidine rings is 1. The van der Waals surface area contributed by atoms with Crippen LogP contribution in [0.25, 0.3) is 0 Å². The lowest BCUT2D eigenvalue weighted by Crippen LogP contribution is -2.47. The molecule has 1 aliphatic rings. The second-order valence-electron chi connectivity index (χ2n) is 5.26. The van der Waals surface area contributed by atoms with Crippen LogP contribution in [0.4, 0.5) is 0 Å². The van der Waals surface area contributed by atoms with Crippen molar-refractivity contribution < 1.29 is 10.0 Å². The van der Waals surface area contributed by atoms with Crippen molar-refractivity contribution in [3.63, 3.8) is 0 Å². The number of aromatic nitrogens is 1. The molecule has 20 heavy (non-hydrogen) atoms. The zero-order valence-electron chi connectivity index (χ0n) is 11.8. The van der Waals surface area contributed by atoms with Crippen molar-refractivity contribution in [1.29, 1.82) is 0 Å². The molecule has 2 atom stereocenters. The van der Waals surface area contributed by atoms with E-state index in [1.807, 2.05) is 4.90 Å². The molecule has 0 spiro atoms. The molecular formula is C14H20N4O2. The van der Waals surface area contributed by atoms with Crippen molar-refractivity contribution >= 4 is 11.7 Å². The highest BCUT2D eigenvalue weighted by Gasteiger charge is 2.30. The first kappa shape index (κ1) is 14.3. The highest BCUT2D eigenvalue weighted by atomic mass is 16.4. The molecule has 1 fully saturated rings. The van der Waals surface area contributed by atoms with Gasteiger partial charge in [0.25, 0.3) is 5.91 Å². The Morgan fingerprint density at radius 2 is 2.05 bits per heavy atom. The van der Waals surface area contributed by atoms with Crippen molar-refractivity contribution in [1.82, 2.24) is 9.88 Å². The molecule has 0 bridgehead atoms. The lowest BCUT2D eigenvalue weighted by atomic mass is 9.97. The number of hydrogen-bond acceptors (Lipinski definition) is 4. The lowest BCUT2D eigenvalue weighted by molar-refractivity contribution is 0.0504. The Hall–Kier alpha value is -2.11. The average molecular weight is 276 g/mol. The normalized spacial score (nSPS) is 23.7. The highest BCUT2D eigenvalue weighted by Crippen LogP contribution is 2.24. The van der Waals surface area contributed by atoms with Gasteiger partial charge in [0, 0.05) is 23.8 Å². The van der Waals surface area contributed by atoms with Gasteiger partial charge in [0.1, 0.15) is 5.69 Å². The van der Waals surface area contributed by atoms with E-state index in [-0.39, 0.29) is 23.8 Å². The number of pyridine rings is 1. The van der Waals surface area contributed by atoms with Crippen LogP contribution in [0, 0.1) is 0 Å². The fourth-order valence-corrected chi connectivity index (χ4v) is 2.68. The molecule has 6 heteroatoms. The minimum atomic E-state index is -0.0595. The summed E-state index contributed by atoms with van der Waals surface area (Å²) in [6, 6.07) is 3.71. The molecule has 0 aromatic carbocycles. The second-order valence-corrected chi connectivity index (χ2v) is 5.26. The summed E-state index contributed by atoms with van der Waals surface area (Å²) in [5.74, 6) is -0.0769. The third-order valence-electron chi connectivity index (χ3n) is 3.81. The van der Waals surface area contributed by atoms with Crippen LogP contribution in [0.2, 0.25) is 0 Å². The van der Waals surface area contributed by atoms with Gasteiger partial charge in [0.2, 0.25) is 0 Å². The van der Waals surface area contributed by atoms with Gasteiger partial charge in [-0.05, 0) is 45.2 Å². The average Bonchev–Trinajstić information content (AvgIpc) is 2.46. The van der Waals surface area contributed by atoms with E-state index in [1.165, 1.54) is 6.20 Å². The quantitative estimate of drug-likeness (QED) is 0.371. The molecule has 1 saturated heterocycles. The van der Waals surface area contributed by atoms with Gasteiger partial charge >= 0.3 is 0 Å². The minimum Gasteiger partial charge on any atom is -0.409 e. The number of carbonyl (C=O) groups is 1. The number of oxime groups is 1. The molecule has 2 rings (SSSR count). The van der Waals surface area contributed by atoms with Crippen molar-refractivity contribution in [2.45, 2.75) is 45.2 Å². The standard InChI is InChI=1S/C14H20N4O2/c1-9-4-3-5-10(2)18(9)14(19)12-7-6-11(8-16-12)13(15)17-20/h6-10,20H,3-5H2,1-2H3,(H2,15,17)/t9-,10+. The molecule has 1 aromatic rings. The number of nitrogens with zero attached hydrogens (tertiary/aromatic N) is 3.